The van der Waals surface area contributed by atoms with Crippen LogP contribution in [0.4, 0.5) is 0 Å². The van der Waals surface area contributed by atoms with Crippen molar-refractivity contribution in [1.29, 1.82) is 0 Å². The zero-order valence-electron chi connectivity index (χ0n) is 15.8. The quantitative estimate of drug-likeness (QED) is 0.392. The second kappa shape index (κ2) is 8.07. The summed E-state index contributed by atoms with van der Waals surface area (Å²) in [6, 6.07) is 16.8. The van der Waals surface area contributed by atoms with E-state index in [0.29, 0.717) is 20.2 Å². The lowest BCUT2D eigenvalue weighted by atomic mass is 10.1. The molecule has 5 rings (SSSR count). The summed E-state index contributed by atoms with van der Waals surface area (Å²) in [5.41, 5.74) is 5.04. The van der Waals surface area contributed by atoms with E-state index in [1.807, 2.05) is 47.8 Å². The number of hydrogen-bond donors (Lipinski definition) is 1. The predicted octanol–water partition coefficient (Wildman–Crippen LogP) is 5.29. The molecule has 0 fully saturated rings. The van der Waals surface area contributed by atoms with Gasteiger partial charge in [0.1, 0.15) is 21.9 Å². The molecule has 3 heterocycles. The zero-order chi connectivity index (χ0) is 21.4. The first-order valence-corrected chi connectivity index (χ1v) is 11.3. The minimum Gasteiger partial charge on any atom is -0.267 e. The fourth-order valence-corrected chi connectivity index (χ4v) is 4.95. The van der Waals surface area contributed by atoms with Crippen molar-refractivity contribution >= 4 is 50.4 Å². The Morgan fingerprint density at radius 1 is 0.968 bits per heavy atom. The molecule has 0 spiro atoms. The van der Waals surface area contributed by atoms with Crippen molar-refractivity contribution in [3.8, 4) is 21.7 Å². The molecule has 1 amide bonds. The maximum Gasteiger partial charge on any atom is 0.289 e. The number of amides is 1. The van der Waals surface area contributed by atoms with Gasteiger partial charge in [-0.1, -0.05) is 54.1 Å². The molecule has 3 aromatic heterocycles. The van der Waals surface area contributed by atoms with Gasteiger partial charge >= 0.3 is 0 Å². The largest absolute Gasteiger partial charge is 0.289 e. The Bertz CT molecular complexity index is 1460. The van der Waals surface area contributed by atoms with Crippen molar-refractivity contribution in [3.05, 3.63) is 92.8 Å². The number of carbonyl (C=O) groups excluding carboxylic acids is 1. The van der Waals surface area contributed by atoms with Crippen LogP contribution in [0.25, 0.3) is 31.9 Å². The van der Waals surface area contributed by atoms with Crippen molar-refractivity contribution in [3.63, 3.8) is 0 Å². The molecule has 9 heteroatoms. The maximum atomic E-state index is 13.1. The van der Waals surface area contributed by atoms with Gasteiger partial charge in [0.05, 0.1) is 5.39 Å². The number of benzene rings is 2. The second-order valence-corrected chi connectivity index (χ2v) is 8.75. The van der Waals surface area contributed by atoms with Crippen molar-refractivity contribution in [2.75, 3.05) is 5.43 Å². The molecule has 0 saturated heterocycles. The number of thiophene rings is 1. The molecule has 0 bridgehead atoms. The molecule has 0 atom stereocenters. The van der Waals surface area contributed by atoms with E-state index in [1.165, 1.54) is 29.0 Å². The van der Waals surface area contributed by atoms with Crippen LogP contribution in [0.2, 0.25) is 5.02 Å². The first-order chi connectivity index (χ1) is 15.1. The Hall–Kier alpha value is -3.33. The number of nitrogens with one attached hydrogen (secondary N) is 1. The van der Waals surface area contributed by atoms with Gasteiger partial charge in [-0.2, -0.15) is 0 Å². The van der Waals surface area contributed by atoms with Gasteiger partial charge in [0.25, 0.3) is 11.5 Å². The van der Waals surface area contributed by atoms with Gasteiger partial charge in [-0.15, -0.1) is 22.7 Å². The fraction of sp³-hybridized carbons (Fsp3) is 0. The fourth-order valence-electron chi connectivity index (χ4n) is 3.11. The standard InChI is InChI=1S/C22H13ClN4O2S2/c23-15-8-6-14(7-9-15)20-25-17(11-31-20)19(28)26-27-12-24-21-18(22(27)29)16(10-30-21)13-4-2-1-3-5-13/h1-12H,(H,26,28). The molecule has 0 saturated carbocycles. The Balaban J connectivity index is 1.46. The SMILES string of the molecule is O=C(Nn1cnc2scc(-c3ccccc3)c2c1=O)c1csc(-c2ccc(Cl)cc2)n1. The number of rotatable bonds is 4. The second-order valence-electron chi connectivity index (χ2n) is 6.60. The molecule has 0 aliphatic rings. The molecule has 31 heavy (non-hydrogen) atoms. The van der Waals surface area contributed by atoms with Crippen molar-refractivity contribution in [1.82, 2.24) is 14.6 Å². The predicted molar refractivity (Wildman–Crippen MR) is 126 cm³/mol. The number of fused-ring (bicyclic) bond motifs is 1. The van der Waals surface area contributed by atoms with E-state index in [2.05, 4.69) is 15.4 Å². The van der Waals surface area contributed by atoms with Gasteiger partial charge in [-0.05, 0) is 17.7 Å². The normalized spacial score (nSPS) is 11.0. The molecular formula is C22H13ClN4O2S2. The Morgan fingerprint density at radius 3 is 2.52 bits per heavy atom. The minimum atomic E-state index is -0.490. The highest BCUT2D eigenvalue weighted by Gasteiger charge is 2.16. The number of halogens is 1. The molecule has 0 radical (unpaired) electrons. The minimum absolute atomic E-state index is 0.218. The Morgan fingerprint density at radius 2 is 1.74 bits per heavy atom. The molecular weight excluding hydrogens is 452 g/mol. The van der Waals surface area contributed by atoms with Crippen LogP contribution < -0.4 is 11.0 Å². The third kappa shape index (κ3) is 3.76. The Kier molecular flexibility index (Phi) is 5.11. The molecule has 2 aromatic carbocycles. The van der Waals surface area contributed by atoms with Crippen molar-refractivity contribution in [2.45, 2.75) is 0 Å². The van der Waals surface area contributed by atoms with Crippen LogP contribution in [0.3, 0.4) is 0 Å². The average molecular weight is 465 g/mol. The van der Waals surface area contributed by atoms with Crippen LogP contribution in [-0.4, -0.2) is 20.6 Å². The number of nitrogens with zero attached hydrogens (tertiary/aromatic N) is 3. The summed E-state index contributed by atoms with van der Waals surface area (Å²) in [7, 11) is 0. The van der Waals surface area contributed by atoms with E-state index in [0.717, 1.165) is 21.4 Å². The summed E-state index contributed by atoms with van der Waals surface area (Å²) in [4.78, 5) is 35.1. The number of hydrogen-bond acceptors (Lipinski definition) is 6. The summed E-state index contributed by atoms with van der Waals surface area (Å²) < 4.78 is 1.10. The van der Waals surface area contributed by atoms with Gasteiger partial charge in [0, 0.05) is 26.9 Å². The smallest absolute Gasteiger partial charge is 0.267 e. The van der Waals surface area contributed by atoms with E-state index < -0.39 is 5.91 Å². The van der Waals surface area contributed by atoms with E-state index in [9.17, 15) is 9.59 Å². The monoisotopic (exact) mass is 464 g/mol. The highest BCUT2D eigenvalue weighted by Crippen LogP contribution is 2.30. The van der Waals surface area contributed by atoms with E-state index in [4.69, 9.17) is 11.6 Å². The molecule has 1 N–H and O–H groups in total. The Labute approximate surface area is 189 Å². The van der Waals surface area contributed by atoms with Gasteiger partial charge in [-0.25, -0.2) is 14.6 Å². The van der Waals surface area contributed by atoms with Crippen LogP contribution in [-0.2, 0) is 0 Å². The highest BCUT2D eigenvalue weighted by atomic mass is 35.5. The molecule has 5 aromatic rings. The summed E-state index contributed by atoms with van der Waals surface area (Å²) >= 11 is 8.66. The van der Waals surface area contributed by atoms with Crippen LogP contribution in [0.1, 0.15) is 10.5 Å². The summed E-state index contributed by atoms with van der Waals surface area (Å²) in [6.07, 6.45) is 1.32. The first-order valence-electron chi connectivity index (χ1n) is 9.17. The summed E-state index contributed by atoms with van der Waals surface area (Å²) in [6.45, 7) is 0. The number of carbonyl (C=O) groups is 1. The topological polar surface area (TPSA) is 76.9 Å². The van der Waals surface area contributed by atoms with Crippen LogP contribution >= 0.6 is 34.3 Å². The van der Waals surface area contributed by atoms with Gasteiger partial charge < -0.3 is 0 Å². The summed E-state index contributed by atoms with van der Waals surface area (Å²) in [5.74, 6) is -0.490. The van der Waals surface area contributed by atoms with Crippen molar-refractivity contribution < 1.29 is 4.79 Å². The highest BCUT2D eigenvalue weighted by molar-refractivity contribution is 7.17. The van der Waals surface area contributed by atoms with Crippen LogP contribution in [0, 0.1) is 0 Å². The lowest BCUT2D eigenvalue weighted by Crippen LogP contribution is -2.33. The van der Waals surface area contributed by atoms with Gasteiger partial charge in [-0.3, -0.25) is 15.0 Å². The third-order valence-electron chi connectivity index (χ3n) is 4.63. The zero-order valence-corrected chi connectivity index (χ0v) is 18.2. The molecule has 152 valence electrons. The molecule has 6 nitrogen and oxygen atoms in total. The van der Waals surface area contributed by atoms with Gasteiger partial charge in [0.15, 0.2) is 0 Å². The molecule has 0 unspecified atom stereocenters. The van der Waals surface area contributed by atoms with E-state index in [-0.39, 0.29) is 11.3 Å². The van der Waals surface area contributed by atoms with E-state index >= 15 is 0 Å². The van der Waals surface area contributed by atoms with E-state index in [1.54, 1.807) is 17.5 Å². The van der Waals surface area contributed by atoms with Crippen LogP contribution in [0.15, 0.2) is 76.5 Å². The lowest BCUT2D eigenvalue weighted by molar-refractivity contribution is 0.100. The average Bonchev–Trinajstić information content (AvgIpc) is 3.45. The first kappa shape index (κ1) is 19.6. The van der Waals surface area contributed by atoms with Crippen molar-refractivity contribution in [2.24, 2.45) is 0 Å². The molecule has 0 aliphatic heterocycles. The lowest BCUT2D eigenvalue weighted by Gasteiger charge is -2.07. The summed E-state index contributed by atoms with van der Waals surface area (Å²) in [5, 5.41) is 5.34. The number of aromatic nitrogens is 3. The van der Waals surface area contributed by atoms with Gasteiger partial charge in [0.2, 0.25) is 0 Å². The third-order valence-corrected chi connectivity index (χ3v) is 6.66. The number of thiazole rings is 1. The maximum absolute atomic E-state index is 13.1. The molecule has 0 aliphatic carbocycles. The van der Waals surface area contributed by atoms with Crippen LogP contribution in [0.5, 0.6) is 0 Å².